The van der Waals surface area contributed by atoms with E-state index in [4.69, 9.17) is 4.74 Å². The van der Waals surface area contributed by atoms with E-state index >= 15 is 0 Å². The Kier molecular flexibility index (Phi) is 5.13. The first-order chi connectivity index (χ1) is 15.5. The van der Waals surface area contributed by atoms with Crippen LogP contribution < -0.4 is 14.8 Å². The van der Waals surface area contributed by atoms with Crippen LogP contribution >= 0.6 is 0 Å². The molecule has 1 aliphatic heterocycles. The molecule has 5 nitrogen and oxygen atoms in total. The molecular weight excluding hydrogens is 427 g/mol. The number of allylic oxidation sites excluding steroid dienone is 2. The topological polar surface area (TPSA) is 67.4 Å². The number of fused-ring (bicyclic) bond motifs is 3. The van der Waals surface area contributed by atoms with E-state index < -0.39 is 15.8 Å². The van der Waals surface area contributed by atoms with Crippen LogP contribution in [-0.4, -0.2) is 15.5 Å². The number of sulfonamides is 1. The monoisotopic (exact) mass is 450 g/mol. The first-order valence-electron chi connectivity index (χ1n) is 10.4. The first-order valence-corrected chi connectivity index (χ1v) is 11.9. The Bertz CT molecular complexity index is 1290. The van der Waals surface area contributed by atoms with Crippen molar-refractivity contribution in [1.82, 2.24) is 0 Å². The molecule has 3 aromatic carbocycles. The second-order valence-corrected chi connectivity index (χ2v) is 9.77. The fourth-order valence-electron chi connectivity index (χ4n) is 4.63. The summed E-state index contributed by atoms with van der Waals surface area (Å²) in [5.74, 6) is 0.565. The minimum atomic E-state index is -3.93. The van der Waals surface area contributed by atoms with Gasteiger partial charge in [0.1, 0.15) is 11.6 Å². The highest BCUT2D eigenvalue weighted by Crippen LogP contribution is 2.50. The molecule has 0 saturated carbocycles. The predicted octanol–water partition coefficient (Wildman–Crippen LogP) is 5.46. The molecule has 164 valence electrons. The van der Waals surface area contributed by atoms with Crippen molar-refractivity contribution in [3.8, 4) is 5.75 Å². The molecule has 5 rings (SSSR count). The van der Waals surface area contributed by atoms with Gasteiger partial charge >= 0.3 is 0 Å². The maximum Gasteiger partial charge on any atom is 0.261 e. The van der Waals surface area contributed by atoms with Gasteiger partial charge in [0.25, 0.3) is 10.0 Å². The summed E-state index contributed by atoms with van der Waals surface area (Å²) in [6.07, 6.45) is 5.21. The van der Waals surface area contributed by atoms with E-state index in [1.807, 2.05) is 12.1 Å². The molecule has 0 bridgehead atoms. The second kappa shape index (κ2) is 7.98. The number of methoxy groups -OCH3 is 1. The number of hydrogen-bond acceptors (Lipinski definition) is 4. The van der Waals surface area contributed by atoms with Crippen LogP contribution in [0.25, 0.3) is 0 Å². The minimum Gasteiger partial charge on any atom is -0.497 e. The van der Waals surface area contributed by atoms with Crippen LogP contribution in [-0.2, 0) is 10.0 Å². The molecule has 32 heavy (non-hydrogen) atoms. The summed E-state index contributed by atoms with van der Waals surface area (Å²) in [6, 6.07) is 18.9. The number of nitrogens with one attached hydrogen (secondary N) is 2. The Labute approximate surface area is 187 Å². The van der Waals surface area contributed by atoms with E-state index in [1.165, 1.54) is 18.2 Å². The number of ether oxygens (including phenoxy) is 1. The summed E-state index contributed by atoms with van der Waals surface area (Å²) in [6.45, 7) is 0. The van der Waals surface area contributed by atoms with Crippen molar-refractivity contribution in [3.63, 3.8) is 0 Å². The van der Waals surface area contributed by atoms with Crippen molar-refractivity contribution in [2.75, 3.05) is 17.1 Å². The summed E-state index contributed by atoms with van der Waals surface area (Å²) >= 11 is 0. The van der Waals surface area contributed by atoms with E-state index in [0.29, 0.717) is 0 Å². The third-order valence-electron chi connectivity index (χ3n) is 6.24. The second-order valence-electron chi connectivity index (χ2n) is 8.08. The molecule has 2 aliphatic rings. The zero-order valence-electron chi connectivity index (χ0n) is 17.5. The summed E-state index contributed by atoms with van der Waals surface area (Å²) in [5, 5.41) is 3.60. The van der Waals surface area contributed by atoms with Gasteiger partial charge < -0.3 is 10.1 Å². The van der Waals surface area contributed by atoms with Crippen LogP contribution in [0.15, 0.2) is 83.8 Å². The number of rotatable bonds is 5. The van der Waals surface area contributed by atoms with Crippen LogP contribution in [0.2, 0.25) is 0 Å². The van der Waals surface area contributed by atoms with Crippen molar-refractivity contribution in [2.45, 2.75) is 23.3 Å². The molecule has 2 N–H and O–H groups in total. The fraction of sp³-hybridized carbons (Fsp3) is 0.200. The van der Waals surface area contributed by atoms with Gasteiger partial charge in [-0.25, -0.2) is 12.8 Å². The average Bonchev–Trinajstić information content (AvgIpc) is 3.30. The van der Waals surface area contributed by atoms with Gasteiger partial charge in [0.2, 0.25) is 0 Å². The average molecular weight is 451 g/mol. The number of para-hydroxylation sites is 1. The molecule has 0 aromatic heterocycles. The molecule has 0 unspecified atom stereocenters. The maximum atomic E-state index is 14.0. The molecule has 0 amide bonds. The Morgan fingerprint density at radius 1 is 1.06 bits per heavy atom. The van der Waals surface area contributed by atoms with Crippen molar-refractivity contribution >= 4 is 21.4 Å². The van der Waals surface area contributed by atoms with Gasteiger partial charge in [-0.3, -0.25) is 4.72 Å². The molecule has 3 atom stereocenters. The minimum absolute atomic E-state index is 0.0680. The summed E-state index contributed by atoms with van der Waals surface area (Å²) < 4.78 is 47.5. The molecule has 1 heterocycles. The molecule has 0 spiro atoms. The molecule has 0 fully saturated rings. The van der Waals surface area contributed by atoms with Crippen LogP contribution in [0.5, 0.6) is 5.75 Å². The van der Waals surface area contributed by atoms with E-state index in [-0.39, 0.29) is 28.5 Å². The van der Waals surface area contributed by atoms with Crippen molar-refractivity contribution in [3.05, 3.63) is 95.8 Å². The normalized spacial score (nSPS) is 21.4. The highest BCUT2D eigenvalue weighted by Gasteiger charge is 2.38. The lowest BCUT2D eigenvalue weighted by Crippen LogP contribution is -2.29. The van der Waals surface area contributed by atoms with Gasteiger partial charge in [0, 0.05) is 11.6 Å². The van der Waals surface area contributed by atoms with Gasteiger partial charge in [-0.05, 0) is 65.9 Å². The van der Waals surface area contributed by atoms with Gasteiger partial charge in [-0.2, -0.15) is 0 Å². The SMILES string of the molecule is COc1ccc([C@H]2Nc3ccc(S(=O)(=O)Nc4ccccc4F)cc3[C@H]3C=CC[C@H]32)cc1. The standard InChI is InChI=1S/C25H23FN2O3S/c1-31-17-11-9-16(10-12-17)25-20-6-4-5-19(20)21-15-18(13-14-23(21)27-25)32(29,30)28-24-8-3-2-7-22(24)26/h2-5,7-15,19-20,25,27-28H,6H2,1H3/t19-,20+,25+/m0/s1. The van der Waals surface area contributed by atoms with Crippen molar-refractivity contribution in [1.29, 1.82) is 0 Å². The highest BCUT2D eigenvalue weighted by molar-refractivity contribution is 7.92. The molecular formula is C25H23FN2O3S. The largest absolute Gasteiger partial charge is 0.497 e. The van der Waals surface area contributed by atoms with Crippen LogP contribution in [0.3, 0.4) is 0 Å². The fourth-order valence-corrected chi connectivity index (χ4v) is 5.73. The number of benzene rings is 3. The van der Waals surface area contributed by atoms with Crippen LogP contribution in [0.1, 0.15) is 29.5 Å². The quantitative estimate of drug-likeness (QED) is 0.507. The van der Waals surface area contributed by atoms with Gasteiger partial charge in [0.05, 0.1) is 23.7 Å². The molecule has 0 saturated heterocycles. The van der Waals surface area contributed by atoms with Gasteiger partial charge in [-0.1, -0.05) is 36.4 Å². The van der Waals surface area contributed by atoms with E-state index in [0.717, 1.165) is 29.0 Å². The Morgan fingerprint density at radius 2 is 1.84 bits per heavy atom. The summed E-state index contributed by atoms with van der Waals surface area (Å²) in [7, 11) is -2.28. The number of halogens is 1. The van der Waals surface area contributed by atoms with Crippen LogP contribution in [0.4, 0.5) is 15.8 Å². The number of anilines is 2. The van der Waals surface area contributed by atoms with E-state index in [9.17, 15) is 12.8 Å². The summed E-state index contributed by atoms with van der Waals surface area (Å²) in [5.41, 5.74) is 2.93. The zero-order valence-corrected chi connectivity index (χ0v) is 18.3. The smallest absolute Gasteiger partial charge is 0.261 e. The van der Waals surface area contributed by atoms with Crippen molar-refractivity contribution in [2.24, 2.45) is 5.92 Å². The third-order valence-corrected chi connectivity index (χ3v) is 7.60. The molecule has 3 aromatic rings. The van der Waals surface area contributed by atoms with Crippen molar-refractivity contribution < 1.29 is 17.5 Å². The Balaban J connectivity index is 1.48. The molecule has 7 heteroatoms. The highest BCUT2D eigenvalue weighted by atomic mass is 32.2. The Morgan fingerprint density at radius 3 is 2.59 bits per heavy atom. The lowest BCUT2D eigenvalue weighted by atomic mass is 9.77. The zero-order chi connectivity index (χ0) is 22.3. The van der Waals surface area contributed by atoms with E-state index in [2.05, 4.69) is 34.3 Å². The third kappa shape index (κ3) is 3.62. The van der Waals surface area contributed by atoms with Gasteiger partial charge in [0.15, 0.2) is 0 Å². The molecule has 1 aliphatic carbocycles. The van der Waals surface area contributed by atoms with Crippen LogP contribution in [0, 0.1) is 11.7 Å². The van der Waals surface area contributed by atoms with Gasteiger partial charge in [-0.15, -0.1) is 0 Å². The lowest BCUT2D eigenvalue weighted by molar-refractivity contribution is 0.411. The maximum absolute atomic E-state index is 14.0. The summed E-state index contributed by atoms with van der Waals surface area (Å²) in [4.78, 5) is 0.114. The number of hydrogen-bond donors (Lipinski definition) is 2. The first kappa shape index (κ1) is 20.6. The predicted molar refractivity (Wildman–Crippen MR) is 123 cm³/mol. The Hall–Kier alpha value is -3.32. The van der Waals surface area contributed by atoms with E-state index in [1.54, 1.807) is 31.4 Å². The molecule has 0 radical (unpaired) electrons. The lowest BCUT2D eigenvalue weighted by Gasteiger charge is -2.37.